The number of hydrogen-bond acceptors (Lipinski definition) is 6. The number of nitrogens with two attached hydrogens (primary N) is 1. The van der Waals surface area contributed by atoms with Crippen molar-refractivity contribution in [1.82, 2.24) is 19.4 Å². The van der Waals surface area contributed by atoms with Crippen LogP contribution in [0.1, 0.15) is 16.2 Å². The molecule has 3 N–H and O–H groups in total. The molecule has 9 heteroatoms. The summed E-state index contributed by atoms with van der Waals surface area (Å²) in [6.07, 6.45) is 6.33. The van der Waals surface area contributed by atoms with E-state index in [-0.39, 0.29) is 11.3 Å². The fraction of sp³-hybridized carbons (Fsp3) is 0.333. The average molecular weight is 367 g/mol. The van der Waals surface area contributed by atoms with Gasteiger partial charge in [-0.15, -0.1) is 0 Å². The largest absolute Gasteiger partial charge is 0.355 e. The van der Waals surface area contributed by atoms with Crippen molar-refractivity contribution in [3.63, 3.8) is 0 Å². The molecule has 0 unspecified atom stereocenters. The Morgan fingerprint density at radius 3 is 2.74 bits per heavy atom. The molecule has 1 aliphatic carbocycles. The van der Waals surface area contributed by atoms with Crippen LogP contribution in [0.15, 0.2) is 30.9 Å². The van der Waals surface area contributed by atoms with Crippen molar-refractivity contribution in [2.45, 2.75) is 13.0 Å². The third-order valence-corrected chi connectivity index (χ3v) is 5.34. The zero-order chi connectivity index (χ0) is 18.7. The van der Waals surface area contributed by atoms with Crippen molar-refractivity contribution in [3.05, 3.63) is 48.1 Å². The molecule has 1 saturated carbocycles. The third kappa shape index (κ3) is 2.71. The maximum atomic E-state index is 14.1. The predicted molar refractivity (Wildman–Crippen MR) is 97.0 cm³/mol. The summed E-state index contributed by atoms with van der Waals surface area (Å²) in [4.78, 5) is 27.2. The van der Waals surface area contributed by atoms with Gasteiger partial charge in [0.1, 0.15) is 11.5 Å². The number of nitrogens with zero attached hydrogens (tertiary/aromatic N) is 5. The lowest BCUT2D eigenvalue weighted by atomic mass is 10.3. The predicted octanol–water partition coefficient (Wildman–Crippen LogP) is 1.22. The van der Waals surface area contributed by atoms with Gasteiger partial charge < -0.3 is 20.4 Å². The second-order valence-electron chi connectivity index (χ2n) is 7.21. The van der Waals surface area contributed by atoms with Crippen LogP contribution < -0.4 is 16.0 Å². The molecule has 2 aliphatic rings. The van der Waals surface area contributed by atoms with E-state index in [1.165, 1.54) is 12.3 Å². The number of nitrogens with one attached hydrogen (secondary N) is 1. The van der Waals surface area contributed by atoms with Gasteiger partial charge in [-0.25, -0.2) is 19.3 Å². The summed E-state index contributed by atoms with van der Waals surface area (Å²) in [6.45, 7) is 3.55. The van der Waals surface area contributed by atoms with Gasteiger partial charge in [0.05, 0.1) is 23.8 Å². The van der Waals surface area contributed by atoms with Gasteiger partial charge in [-0.1, -0.05) is 0 Å². The van der Waals surface area contributed by atoms with E-state index in [2.05, 4.69) is 25.2 Å². The molecule has 1 saturated heterocycles. The van der Waals surface area contributed by atoms with Crippen molar-refractivity contribution >= 4 is 23.1 Å². The highest BCUT2D eigenvalue weighted by Gasteiger charge is 2.53. The molecule has 1 aliphatic heterocycles. The van der Waals surface area contributed by atoms with Crippen molar-refractivity contribution in [2.75, 3.05) is 23.3 Å². The Labute approximate surface area is 154 Å². The Bertz CT molecular complexity index is 1040. The van der Waals surface area contributed by atoms with E-state index in [0.29, 0.717) is 29.3 Å². The van der Waals surface area contributed by atoms with Gasteiger partial charge in [0.25, 0.3) is 5.91 Å². The molecule has 3 atom stereocenters. The summed E-state index contributed by atoms with van der Waals surface area (Å²) in [6, 6.07) is 1.55. The summed E-state index contributed by atoms with van der Waals surface area (Å²) < 4.78 is 15.7. The minimum absolute atomic E-state index is 0.169. The van der Waals surface area contributed by atoms with Crippen LogP contribution in [0.5, 0.6) is 0 Å². The molecule has 4 heterocycles. The smallest absolute Gasteiger partial charge is 0.275 e. The number of pyridine rings is 1. The maximum absolute atomic E-state index is 14.1. The van der Waals surface area contributed by atoms with Gasteiger partial charge in [-0.05, 0) is 18.8 Å². The third-order valence-electron chi connectivity index (χ3n) is 5.34. The van der Waals surface area contributed by atoms with Gasteiger partial charge in [-0.3, -0.25) is 4.79 Å². The highest BCUT2D eigenvalue weighted by molar-refractivity contribution is 6.02. The lowest BCUT2D eigenvalue weighted by molar-refractivity contribution is 0.102. The van der Waals surface area contributed by atoms with Crippen molar-refractivity contribution in [2.24, 2.45) is 17.6 Å². The van der Waals surface area contributed by atoms with Crippen LogP contribution in [-0.2, 0) is 0 Å². The number of rotatable bonds is 3. The van der Waals surface area contributed by atoms with Gasteiger partial charge in [0.2, 0.25) is 0 Å². The average Bonchev–Trinajstić information content (AvgIpc) is 3.03. The number of halogens is 1. The van der Waals surface area contributed by atoms with Crippen molar-refractivity contribution in [3.8, 4) is 0 Å². The standard InChI is InChI=1S/C18H18FN7O/c1-9-5-26-6-10(2-13(19)17(26)23-9)24-18(27)14-3-22-15(4-21-14)25-7-11-12(8-25)16(11)20/h2-6,11-12,16H,7-8,20H2,1H3,(H,24,27)/t11-,12+,16-. The summed E-state index contributed by atoms with van der Waals surface area (Å²) in [7, 11) is 0. The molecule has 0 radical (unpaired) electrons. The normalized spacial score (nSPS) is 23.5. The summed E-state index contributed by atoms with van der Waals surface area (Å²) in [5.41, 5.74) is 7.35. The summed E-state index contributed by atoms with van der Waals surface area (Å²) >= 11 is 0. The zero-order valence-corrected chi connectivity index (χ0v) is 14.6. The molecular weight excluding hydrogens is 349 g/mol. The number of aromatic nitrogens is 4. The highest BCUT2D eigenvalue weighted by atomic mass is 19.1. The maximum Gasteiger partial charge on any atom is 0.275 e. The van der Waals surface area contributed by atoms with E-state index in [1.54, 1.807) is 29.9 Å². The number of fused-ring (bicyclic) bond motifs is 2. The molecular formula is C18H18FN7O. The number of hydrogen-bond donors (Lipinski definition) is 2. The molecule has 0 bridgehead atoms. The summed E-state index contributed by atoms with van der Waals surface area (Å²) in [5.74, 6) is 0.883. The topological polar surface area (TPSA) is 101 Å². The minimum atomic E-state index is -0.506. The summed E-state index contributed by atoms with van der Waals surface area (Å²) in [5, 5.41) is 2.65. The van der Waals surface area contributed by atoms with E-state index < -0.39 is 11.7 Å². The Kier molecular flexibility index (Phi) is 3.41. The van der Waals surface area contributed by atoms with Crippen LogP contribution >= 0.6 is 0 Å². The second kappa shape index (κ2) is 5.71. The van der Waals surface area contributed by atoms with Gasteiger partial charge in [0, 0.05) is 37.6 Å². The van der Waals surface area contributed by atoms with Gasteiger partial charge in [-0.2, -0.15) is 0 Å². The van der Waals surface area contributed by atoms with E-state index >= 15 is 0 Å². The second-order valence-corrected chi connectivity index (χ2v) is 7.21. The number of carbonyl (C=O) groups excluding carboxylic acids is 1. The fourth-order valence-electron chi connectivity index (χ4n) is 3.80. The lowest BCUT2D eigenvalue weighted by Crippen LogP contribution is -2.29. The fourth-order valence-corrected chi connectivity index (χ4v) is 3.80. The number of anilines is 2. The lowest BCUT2D eigenvalue weighted by Gasteiger charge is -2.19. The van der Waals surface area contributed by atoms with E-state index in [0.717, 1.165) is 18.9 Å². The Morgan fingerprint density at radius 2 is 2.04 bits per heavy atom. The van der Waals surface area contributed by atoms with E-state index in [1.807, 2.05) is 0 Å². The number of amides is 1. The van der Waals surface area contributed by atoms with Gasteiger partial charge in [0.15, 0.2) is 11.5 Å². The molecule has 0 aromatic carbocycles. The van der Waals surface area contributed by atoms with E-state index in [9.17, 15) is 9.18 Å². The first-order valence-electron chi connectivity index (χ1n) is 8.78. The van der Waals surface area contributed by atoms with Crippen LogP contribution in [0.25, 0.3) is 5.65 Å². The minimum Gasteiger partial charge on any atom is -0.355 e. The monoisotopic (exact) mass is 367 g/mol. The Balaban J connectivity index is 1.31. The van der Waals surface area contributed by atoms with Gasteiger partial charge >= 0.3 is 0 Å². The van der Waals surface area contributed by atoms with Crippen LogP contribution in [0.2, 0.25) is 0 Å². The molecule has 1 amide bonds. The molecule has 8 nitrogen and oxygen atoms in total. The molecule has 3 aromatic rings. The number of aryl methyl sites for hydroxylation is 1. The molecule has 27 heavy (non-hydrogen) atoms. The van der Waals surface area contributed by atoms with Crippen molar-refractivity contribution < 1.29 is 9.18 Å². The molecule has 0 spiro atoms. The number of piperidine rings is 1. The first-order chi connectivity index (χ1) is 13.0. The quantitative estimate of drug-likeness (QED) is 0.722. The van der Waals surface area contributed by atoms with Crippen molar-refractivity contribution in [1.29, 1.82) is 0 Å². The van der Waals surface area contributed by atoms with Crippen LogP contribution in [0, 0.1) is 24.6 Å². The van der Waals surface area contributed by atoms with Crippen LogP contribution in [0.4, 0.5) is 15.9 Å². The molecule has 2 fully saturated rings. The Morgan fingerprint density at radius 1 is 1.26 bits per heavy atom. The number of imidazole rings is 1. The number of carbonyl (C=O) groups is 1. The van der Waals surface area contributed by atoms with E-state index in [4.69, 9.17) is 5.73 Å². The zero-order valence-electron chi connectivity index (χ0n) is 14.6. The molecule has 5 rings (SSSR count). The SMILES string of the molecule is Cc1cn2cc(NC(=O)c3cnc(N4C[C@@H]5[C@H](N)[C@@H]5C4)cn3)cc(F)c2n1. The first-order valence-corrected chi connectivity index (χ1v) is 8.78. The first kappa shape index (κ1) is 16.1. The van der Waals surface area contributed by atoms with Crippen LogP contribution in [0.3, 0.4) is 0 Å². The molecule has 138 valence electrons. The Hall–Kier alpha value is -3.07. The highest BCUT2D eigenvalue weighted by Crippen LogP contribution is 2.44. The van der Waals surface area contributed by atoms with Crippen LogP contribution in [-0.4, -0.2) is 44.4 Å². The molecule has 3 aromatic heterocycles.